The average molecular weight is 491 g/mol. The highest BCUT2D eigenvalue weighted by atomic mass is 19.4. The van der Waals surface area contributed by atoms with Gasteiger partial charge in [-0.3, -0.25) is 14.5 Å². The average Bonchev–Trinajstić information content (AvgIpc) is 3.13. The second-order valence-electron chi connectivity index (χ2n) is 10.9. The van der Waals surface area contributed by atoms with E-state index in [1.165, 1.54) is 19.0 Å². The summed E-state index contributed by atoms with van der Waals surface area (Å²) in [4.78, 5) is 9.04. The third-order valence-corrected chi connectivity index (χ3v) is 8.54. The standard InChI is InChI=1S/C25H33F3N6O/c1-14(2)34-22(10-21(31-34)15-7-20(25(26,27)28)24(29)30-11-15)23-18-8-16(9-19(18)23)32-3-5-33(6-4-32)17-12-35-13-17/h7,10-11,14,16-19,23H,3-6,8-9,12-13H2,1-2H3,(H2,29,30)/t16-,18+,19-,23-. The Morgan fingerprint density at radius 2 is 1.63 bits per heavy atom. The maximum absolute atomic E-state index is 13.4. The van der Waals surface area contributed by atoms with Crippen molar-refractivity contribution in [1.82, 2.24) is 24.6 Å². The number of halogens is 3. The molecule has 6 rings (SSSR count). The summed E-state index contributed by atoms with van der Waals surface area (Å²) in [5, 5.41) is 4.71. The fraction of sp³-hybridized carbons (Fsp3) is 0.680. The summed E-state index contributed by atoms with van der Waals surface area (Å²) in [6.45, 7) is 10.4. The molecule has 7 nitrogen and oxygen atoms in total. The van der Waals surface area contributed by atoms with Gasteiger partial charge in [-0.2, -0.15) is 18.3 Å². The smallest absolute Gasteiger partial charge is 0.383 e. The van der Waals surface area contributed by atoms with E-state index in [2.05, 4.69) is 28.6 Å². The summed E-state index contributed by atoms with van der Waals surface area (Å²) in [7, 11) is 0. The van der Waals surface area contributed by atoms with Gasteiger partial charge in [0.15, 0.2) is 0 Å². The van der Waals surface area contributed by atoms with Gasteiger partial charge in [0.1, 0.15) is 5.82 Å². The highest BCUT2D eigenvalue weighted by molar-refractivity contribution is 5.63. The SMILES string of the molecule is CC(C)n1nc(-c2cnc(N)c(C(F)(F)F)c2)cc1[C@H]1[C@@H]2C[C@H](N3CCN(C4COC4)CC3)C[C@@H]21. The molecule has 4 heterocycles. The van der Waals surface area contributed by atoms with E-state index in [9.17, 15) is 13.2 Å². The lowest BCUT2D eigenvalue weighted by atomic mass is 10.0. The van der Waals surface area contributed by atoms with Gasteiger partial charge in [0.05, 0.1) is 30.5 Å². The molecule has 2 saturated carbocycles. The molecule has 2 N–H and O–H groups in total. The zero-order valence-corrected chi connectivity index (χ0v) is 20.2. The minimum Gasteiger partial charge on any atom is -0.383 e. The maximum Gasteiger partial charge on any atom is 0.419 e. The fourth-order valence-corrected chi connectivity index (χ4v) is 6.51. The van der Waals surface area contributed by atoms with Crippen LogP contribution in [0, 0.1) is 11.8 Å². The van der Waals surface area contributed by atoms with E-state index in [0.717, 1.165) is 51.2 Å². The minimum absolute atomic E-state index is 0.128. The van der Waals surface area contributed by atoms with E-state index in [1.54, 1.807) is 0 Å². The van der Waals surface area contributed by atoms with E-state index in [-0.39, 0.29) is 6.04 Å². The molecule has 0 unspecified atom stereocenters. The molecule has 2 saturated heterocycles. The molecular weight excluding hydrogens is 457 g/mol. The third-order valence-electron chi connectivity index (χ3n) is 8.54. The number of rotatable bonds is 5. The molecule has 2 aromatic rings. The zero-order chi connectivity index (χ0) is 24.5. The van der Waals surface area contributed by atoms with Crippen molar-refractivity contribution in [2.75, 3.05) is 45.1 Å². The Kier molecular flexibility index (Phi) is 5.61. The number of fused-ring (bicyclic) bond motifs is 1. The van der Waals surface area contributed by atoms with E-state index in [1.807, 2.05) is 10.7 Å². The molecule has 0 bridgehead atoms. The van der Waals surface area contributed by atoms with Crippen LogP contribution in [-0.4, -0.2) is 76.0 Å². The second kappa shape index (κ2) is 8.45. The van der Waals surface area contributed by atoms with Crippen LogP contribution in [0.4, 0.5) is 19.0 Å². The van der Waals surface area contributed by atoms with Gasteiger partial charge in [0, 0.05) is 61.6 Å². The predicted molar refractivity (Wildman–Crippen MR) is 126 cm³/mol. The number of pyridine rings is 1. The van der Waals surface area contributed by atoms with Gasteiger partial charge >= 0.3 is 6.18 Å². The normalized spacial score (nSPS) is 30.0. The van der Waals surface area contributed by atoms with Crippen LogP contribution in [-0.2, 0) is 10.9 Å². The third kappa shape index (κ3) is 4.13. The van der Waals surface area contributed by atoms with E-state index in [0.29, 0.717) is 41.1 Å². The first-order valence-corrected chi connectivity index (χ1v) is 12.7. The summed E-state index contributed by atoms with van der Waals surface area (Å²) in [6, 6.07) is 4.44. The van der Waals surface area contributed by atoms with Gasteiger partial charge in [-0.05, 0) is 50.7 Å². The molecule has 4 atom stereocenters. The topological polar surface area (TPSA) is 72.4 Å². The monoisotopic (exact) mass is 490 g/mol. The second-order valence-corrected chi connectivity index (χ2v) is 10.9. The molecule has 0 radical (unpaired) electrons. The van der Waals surface area contributed by atoms with Gasteiger partial charge in [-0.1, -0.05) is 0 Å². The maximum atomic E-state index is 13.4. The van der Waals surface area contributed by atoms with Gasteiger partial charge < -0.3 is 10.5 Å². The van der Waals surface area contributed by atoms with Crippen molar-refractivity contribution in [2.24, 2.45) is 11.8 Å². The summed E-state index contributed by atoms with van der Waals surface area (Å²) in [5.74, 6) is 1.20. The molecular formula is C25H33F3N6O. The highest BCUT2D eigenvalue weighted by Crippen LogP contribution is 2.64. The predicted octanol–water partition coefficient (Wildman–Crippen LogP) is 3.64. The van der Waals surface area contributed by atoms with Crippen LogP contribution in [0.2, 0.25) is 0 Å². The Morgan fingerprint density at radius 1 is 1.00 bits per heavy atom. The lowest BCUT2D eigenvalue weighted by molar-refractivity contribution is -0.137. The number of nitrogen functional groups attached to an aromatic ring is 1. The summed E-state index contributed by atoms with van der Waals surface area (Å²) < 4.78 is 47.4. The van der Waals surface area contributed by atoms with Crippen LogP contribution < -0.4 is 5.73 Å². The van der Waals surface area contributed by atoms with Crippen molar-refractivity contribution in [2.45, 2.75) is 56.9 Å². The first-order valence-electron chi connectivity index (χ1n) is 12.7. The Labute approximate surface area is 203 Å². The van der Waals surface area contributed by atoms with Crippen molar-refractivity contribution in [3.05, 3.63) is 29.6 Å². The number of nitrogens with two attached hydrogens (primary N) is 1. The van der Waals surface area contributed by atoms with E-state index in [4.69, 9.17) is 15.6 Å². The number of hydrogen-bond acceptors (Lipinski definition) is 6. The summed E-state index contributed by atoms with van der Waals surface area (Å²) in [5.41, 5.74) is 6.61. The fourth-order valence-electron chi connectivity index (χ4n) is 6.51. The highest BCUT2D eigenvalue weighted by Gasteiger charge is 2.58. The molecule has 0 aromatic carbocycles. The number of piperazine rings is 1. The number of alkyl halides is 3. The zero-order valence-electron chi connectivity index (χ0n) is 20.2. The van der Waals surface area contributed by atoms with Crippen LogP contribution in [0.3, 0.4) is 0 Å². The van der Waals surface area contributed by atoms with Gasteiger partial charge in [0.25, 0.3) is 0 Å². The first kappa shape index (κ1) is 23.2. The van der Waals surface area contributed by atoms with Crippen LogP contribution in [0.5, 0.6) is 0 Å². The largest absolute Gasteiger partial charge is 0.419 e. The van der Waals surface area contributed by atoms with Crippen molar-refractivity contribution in [3.63, 3.8) is 0 Å². The first-order chi connectivity index (χ1) is 16.7. The number of nitrogens with zero attached hydrogens (tertiary/aromatic N) is 5. The Hall–Kier alpha value is -2.17. The van der Waals surface area contributed by atoms with Crippen molar-refractivity contribution in [3.8, 4) is 11.3 Å². The molecule has 2 aromatic heterocycles. The van der Waals surface area contributed by atoms with Gasteiger partial charge in [-0.15, -0.1) is 0 Å². The quantitative estimate of drug-likeness (QED) is 0.690. The number of hydrogen-bond donors (Lipinski definition) is 1. The molecule has 4 fully saturated rings. The van der Waals surface area contributed by atoms with Crippen molar-refractivity contribution < 1.29 is 17.9 Å². The molecule has 0 amide bonds. The lowest BCUT2D eigenvalue weighted by Crippen LogP contribution is -2.57. The number of anilines is 1. The lowest BCUT2D eigenvalue weighted by Gasteiger charge is -2.44. The summed E-state index contributed by atoms with van der Waals surface area (Å²) >= 11 is 0. The summed E-state index contributed by atoms with van der Waals surface area (Å²) in [6.07, 6.45) is -0.763. The van der Waals surface area contributed by atoms with Crippen LogP contribution in [0.15, 0.2) is 18.3 Å². The molecule has 2 aliphatic carbocycles. The van der Waals surface area contributed by atoms with Crippen LogP contribution in [0.1, 0.15) is 49.9 Å². The van der Waals surface area contributed by atoms with Crippen molar-refractivity contribution in [1.29, 1.82) is 0 Å². The molecule has 10 heteroatoms. The van der Waals surface area contributed by atoms with Crippen molar-refractivity contribution >= 4 is 5.82 Å². The minimum atomic E-state index is -4.55. The number of aromatic nitrogens is 3. The Bertz CT molecular complexity index is 1080. The van der Waals surface area contributed by atoms with Gasteiger partial charge in [-0.25, -0.2) is 4.98 Å². The van der Waals surface area contributed by atoms with E-state index < -0.39 is 17.6 Å². The molecule has 35 heavy (non-hydrogen) atoms. The molecule has 190 valence electrons. The Morgan fingerprint density at radius 3 is 2.17 bits per heavy atom. The van der Waals surface area contributed by atoms with Crippen LogP contribution in [0.25, 0.3) is 11.3 Å². The molecule has 0 spiro atoms. The van der Waals surface area contributed by atoms with E-state index >= 15 is 0 Å². The Balaban J connectivity index is 1.15. The van der Waals surface area contributed by atoms with Crippen LogP contribution >= 0.6 is 0 Å². The van der Waals surface area contributed by atoms with Gasteiger partial charge in [0.2, 0.25) is 0 Å². The number of ether oxygens (including phenoxy) is 1. The molecule has 2 aliphatic heterocycles. The molecule has 4 aliphatic rings.